The molecule has 0 saturated heterocycles. The largest absolute Gasteiger partial charge is 0.504 e. The second-order valence-corrected chi connectivity index (χ2v) is 2.42. The van der Waals surface area contributed by atoms with Gasteiger partial charge in [-0.2, -0.15) is 5.10 Å². The van der Waals surface area contributed by atoms with Crippen molar-refractivity contribution in [3.05, 3.63) is 23.8 Å². The molecule has 0 atom stereocenters. The second kappa shape index (κ2) is 4.13. The summed E-state index contributed by atoms with van der Waals surface area (Å²) in [6, 6.07) is 4.00. The van der Waals surface area contributed by atoms with Gasteiger partial charge in [-0.15, -0.1) is 0 Å². The van der Waals surface area contributed by atoms with E-state index in [4.69, 9.17) is 15.3 Å². The Bertz CT molecular complexity index is 376. The number of phenols is 2. The van der Waals surface area contributed by atoms with Gasteiger partial charge in [0.2, 0.25) is 0 Å². The average Bonchev–Trinajstić information content (AvgIpc) is 2.10. The summed E-state index contributed by atoms with van der Waals surface area (Å²) < 4.78 is 0. The topological polar surface area (TPSA) is 102 Å². The zero-order valence-electron chi connectivity index (χ0n) is 7.01. The third-order valence-corrected chi connectivity index (χ3v) is 1.37. The summed E-state index contributed by atoms with van der Waals surface area (Å²) in [6.07, 6.45) is -0.0722. The number of carboxylic acid groups (broad SMARTS) is 1. The highest BCUT2D eigenvalue weighted by Gasteiger charge is 1.98. The molecule has 6 heteroatoms. The molecule has 0 aromatic heterocycles. The van der Waals surface area contributed by atoms with Gasteiger partial charge in [0, 0.05) is 0 Å². The van der Waals surface area contributed by atoms with Crippen LogP contribution in [0.5, 0.6) is 11.5 Å². The minimum absolute atomic E-state index is 0.242. The molecule has 4 N–H and O–H groups in total. The fourth-order valence-corrected chi connectivity index (χ4v) is 0.783. The second-order valence-electron chi connectivity index (χ2n) is 2.42. The van der Waals surface area contributed by atoms with Crippen molar-refractivity contribution in [2.45, 2.75) is 0 Å². The Morgan fingerprint density at radius 3 is 2.64 bits per heavy atom. The fraction of sp³-hybridized carbons (Fsp3) is 0. The lowest BCUT2D eigenvalue weighted by atomic mass is 10.2. The molecule has 0 aliphatic carbocycles. The quantitative estimate of drug-likeness (QED) is 0.317. The first kappa shape index (κ1) is 9.85. The van der Waals surface area contributed by atoms with E-state index >= 15 is 0 Å². The van der Waals surface area contributed by atoms with Gasteiger partial charge in [-0.25, -0.2) is 10.2 Å². The molecule has 0 unspecified atom stereocenters. The summed E-state index contributed by atoms with van der Waals surface area (Å²) >= 11 is 0. The van der Waals surface area contributed by atoms with E-state index in [1.807, 2.05) is 0 Å². The molecule has 0 radical (unpaired) electrons. The van der Waals surface area contributed by atoms with Crippen molar-refractivity contribution in [3.63, 3.8) is 0 Å². The van der Waals surface area contributed by atoms with E-state index in [1.165, 1.54) is 24.4 Å². The molecular formula is C8H8N2O4. The Balaban J connectivity index is 2.73. The maximum atomic E-state index is 10.00. The third-order valence-electron chi connectivity index (χ3n) is 1.37. The van der Waals surface area contributed by atoms with Gasteiger partial charge in [0.25, 0.3) is 0 Å². The molecule has 0 aliphatic rings. The van der Waals surface area contributed by atoms with Crippen LogP contribution in [-0.2, 0) is 0 Å². The maximum absolute atomic E-state index is 10.00. The predicted molar refractivity (Wildman–Crippen MR) is 48.5 cm³/mol. The van der Waals surface area contributed by atoms with Crippen molar-refractivity contribution in [1.82, 2.24) is 5.43 Å². The molecule has 6 nitrogen and oxygen atoms in total. The van der Waals surface area contributed by atoms with Crippen molar-refractivity contribution >= 4 is 12.3 Å². The van der Waals surface area contributed by atoms with E-state index in [0.717, 1.165) is 0 Å². The number of benzene rings is 1. The molecule has 0 aliphatic heterocycles. The van der Waals surface area contributed by atoms with Crippen LogP contribution in [0.2, 0.25) is 0 Å². The van der Waals surface area contributed by atoms with Crippen LogP contribution in [0.25, 0.3) is 0 Å². The van der Waals surface area contributed by atoms with E-state index in [9.17, 15) is 4.79 Å². The van der Waals surface area contributed by atoms with Crippen LogP contribution in [0, 0.1) is 0 Å². The molecule has 1 amide bonds. The van der Waals surface area contributed by atoms with E-state index in [-0.39, 0.29) is 11.5 Å². The first-order chi connectivity index (χ1) is 6.59. The van der Waals surface area contributed by atoms with Gasteiger partial charge in [-0.05, 0) is 23.8 Å². The number of phenolic OH excluding ortho intramolecular Hbond substituents is 2. The molecule has 0 fully saturated rings. The van der Waals surface area contributed by atoms with E-state index in [1.54, 1.807) is 5.43 Å². The Morgan fingerprint density at radius 1 is 1.36 bits per heavy atom. The van der Waals surface area contributed by atoms with Crippen LogP contribution in [0.15, 0.2) is 23.3 Å². The van der Waals surface area contributed by atoms with Crippen molar-refractivity contribution in [3.8, 4) is 11.5 Å². The Hall–Kier alpha value is -2.24. The summed E-state index contributed by atoms with van der Waals surface area (Å²) in [5, 5.41) is 29.5. The highest BCUT2D eigenvalue weighted by atomic mass is 16.4. The van der Waals surface area contributed by atoms with Gasteiger partial charge in [0.05, 0.1) is 6.21 Å². The zero-order chi connectivity index (χ0) is 10.6. The first-order valence-electron chi connectivity index (χ1n) is 3.63. The predicted octanol–water partition coefficient (Wildman–Crippen LogP) is 0.699. The fourth-order valence-electron chi connectivity index (χ4n) is 0.783. The zero-order valence-corrected chi connectivity index (χ0v) is 7.01. The van der Waals surface area contributed by atoms with Crippen LogP contribution in [0.4, 0.5) is 4.79 Å². The van der Waals surface area contributed by atoms with Crippen LogP contribution in [0.1, 0.15) is 5.56 Å². The molecule has 74 valence electrons. The molecule has 0 heterocycles. The molecule has 0 spiro atoms. The first-order valence-corrected chi connectivity index (χ1v) is 3.63. The van der Waals surface area contributed by atoms with Gasteiger partial charge in [0.1, 0.15) is 0 Å². The minimum Gasteiger partial charge on any atom is -0.504 e. The number of nitrogens with one attached hydrogen (secondary N) is 1. The van der Waals surface area contributed by atoms with Gasteiger partial charge < -0.3 is 15.3 Å². The number of aromatic hydroxyl groups is 2. The number of hydrogen-bond acceptors (Lipinski definition) is 4. The molecule has 14 heavy (non-hydrogen) atoms. The third kappa shape index (κ3) is 2.67. The highest BCUT2D eigenvalue weighted by molar-refractivity contribution is 5.81. The average molecular weight is 196 g/mol. The van der Waals surface area contributed by atoms with Gasteiger partial charge in [-0.3, -0.25) is 0 Å². The Labute approximate surface area is 79.1 Å². The molecule has 1 aromatic rings. The maximum Gasteiger partial charge on any atom is 0.425 e. The molecular weight excluding hydrogens is 188 g/mol. The Morgan fingerprint density at radius 2 is 2.07 bits per heavy atom. The molecule has 1 aromatic carbocycles. The van der Waals surface area contributed by atoms with E-state index in [0.29, 0.717) is 5.56 Å². The monoisotopic (exact) mass is 196 g/mol. The van der Waals surface area contributed by atoms with Crippen molar-refractivity contribution < 1.29 is 20.1 Å². The molecule has 0 saturated carbocycles. The summed E-state index contributed by atoms with van der Waals surface area (Å²) in [5.74, 6) is -0.530. The summed E-state index contributed by atoms with van der Waals surface area (Å²) in [5.41, 5.74) is 2.24. The number of hydrazone groups is 1. The van der Waals surface area contributed by atoms with Crippen molar-refractivity contribution in [2.24, 2.45) is 5.10 Å². The van der Waals surface area contributed by atoms with E-state index in [2.05, 4.69) is 5.10 Å². The van der Waals surface area contributed by atoms with Gasteiger partial charge >= 0.3 is 6.09 Å². The number of amides is 1. The van der Waals surface area contributed by atoms with Crippen molar-refractivity contribution in [2.75, 3.05) is 0 Å². The Kier molecular flexibility index (Phi) is 2.90. The van der Waals surface area contributed by atoms with Crippen LogP contribution in [-0.4, -0.2) is 27.6 Å². The minimum atomic E-state index is -1.27. The lowest BCUT2D eigenvalue weighted by Crippen LogP contribution is -2.13. The number of carbonyl (C=O) groups is 1. The van der Waals surface area contributed by atoms with E-state index < -0.39 is 6.09 Å². The molecule has 0 bridgehead atoms. The highest BCUT2D eigenvalue weighted by Crippen LogP contribution is 2.23. The van der Waals surface area contributed by atoms with Crippen LogP contribution < -0.4 is 5.43 Å². The number of nitrogens with zero attached hydrogens (tertiary/aromatic N) is 1. The summed E-state index contributed by atoms with van der Waals surface area (Å²) in [7, 11) is 0. The smallest absolute Gasteiger partial charge is 0.425 e. The summed E-state index contributed by atoms with van der Waals surface area (Å²) in [4.78, 5) is 10.00. The van der Waals surface area contributed by atoms with Gasteiger partial charge in [-0.1, -0.05) is 0 Å². The van der Waals surface area contributed by atoms with Crippen LogP contribution in [0.3, 0.4) is 0 Å². The van der Waals surface area contributed by atoms with Crippen molar-refractivity contribution in [1.29, 1.82) is 0 Å². The summed E-state index contributed by atoms with van der Waals surface area (Å²) in [6.45, 7) is 0. The van der Waals surface area contributed by atoms with Crippen LogP contribution >= 0.6 is 0 Å². The molecule has 1 rings (SSSR count). The SMILES string of the molecule is O=C(O)N/N=C/c1ccc(O)c(O)c1. The van der Waals surface area contributed by atoms with Gasteiger partial charge in [0.15, 0.2) is 11.5 Å². The lowest BCUT2D eigenvalue weighted by molar-refractivity contribution is 0.195. The normalized spacial score (nSPS) is 10.3. The lowest BCUT2D eigenvalue weighted by Gasteiger charge is -1.97. The standard InChI is InChI=1S/C8H8N2O4/c11-6-2-1-5(3-7(6)12)4-9-10-8(13)14/h1-4,10-12H,(H,13,14)/b9-4+. The number of hydrogen-bond donors (Lipinski definition) is 4. The number of rotatable bonds is 2.